The maximum atomic E-state index is 12.2. The van der Waals surface area contributed by atoms with Crippen LogP contribution in [0.3, 0.4) is 0 Å². The Morgan fingerprint density at radius 2 is 2.53 bits per heavy atom. The summed E-state index contributed by atoms with van der Waals surface area (Å²) in [7, 11) is 0. The number of ether oxygens (including phenoxy) is 1. The summed E-state index contributed by atoms with van der Waals surface area (Å²) in [5.41, 5.74) is 6.33. The fraction of sp³-hybridized carbons (Fsp3) is 0.667. The van der Waals surface area contributed by atoms with E-state index in [-0.39, 0.29) is 11.8 Å². The molecule has 0 spiro atoms. The molecule has 2 N–H and O–H groups in total. The number of carbonyl (C=O) groups excluding carboxylic acids is 1. The third kappa shape index (κ3) is 2.25. The maximum absolute atomic E-state index is 12.2. The molecule has 0 aromatic carbocycles. The van der Waals surface area contributed by atoms with Crippen LogP contribution in [0.4, 0.5) is 0 Å². The van der Waals surface area contributed by atoms with Crippen molar-refractivity contribution in [2.45, 2.75) is 32.9 Å². The lowest BCUT2D eigenvalue weighted by atomic mass is 9.79. The molecule has 0 radical (unpaired) electrons. The molecule has 5 heteroatoms. The van der Waals surface area contributed by atoms with Gasteiger partial charge in [-0.1, -0.05) is 0 Å². The molecule has 5 nitrogen and oxygen atoms in total. The molecule has 0 amide bonds. The zero-order valence-electron chi connectivity index (χ0n) is 10.3. The van der Waals surface area contributed by atoms with Crippen LogP contribution in [0.2, 0.25) is 0 Å². The summed E-state index contributed by atoms with van der Waals surface area (Å²) in [6, 6.07) is -0.198. The molecule has 0 aliphatic carbocycles. The van der Waals surface area contributed by atoms with Crippen molar-refractivity contribution >= 4 is 5.78 Å². The van der Waals surface area contributed by atoms with Crippen molar-refractivity contribution in [3.63, 3.8) is 0 Å². The SMILES string of the molecule is CCn1cc(CC(=O)C2(C)COCC2N)cn1. The Balaban J connectivity index is 2.06. The van der Waals surface area contributed by atoms with Gasteiger partial charge in [-0.3, -0.25) is 9.48 Å². The number of ketones is 1. The molecule has 1 fully saturated rings. The quantitative estimate of drug-likeness (QED) is 0.821. The molecule has 1 aliphatic heterocycles. The van der Waals surface area contributed by atoms with Crippen molar-refractivity contribution in [1.82, 2.24) is 9.78 Å². The van der Waals surface area contributed by atoms with E-state index in [0.717, 1.165) is 12.1 Å². The van der Waals surface area contributed by atoms with Gasteiger partial charge in [0, 0.05) is 25.2 Å². The van der Waals surface area contributed by atoms with Gasteiger partial charge in [-0.25, -0.2) is 0 Å². The van der Waals surface area contributed by atoms with Crippen LogP contribution >= 0.6 is 0 Å². The van der Waals surface area contributed by atoms with E-state index in [0.29, 0.717) is 19.6 Å². The lowest BCUT2D eigenvalue weighted by Crippen LogP contribution is -2.45. The number of nitrogens with two attached hydrogens (primary N) is 1. The Morgan fingerprint density at radius 3 is 3.06 bits per heavy atom. The molecule has 2 unspecified atom stereocenters. The average Bonchev–Trinajstić information content (AvgIpc) is 2.88. The van der Waals surface area contributed by atoms with Crippen LogP contribution in [-0.4, -0.2) is 34.8 Å². The molecular formula is C12H19N3O2. The first-order valence-corrected chi connectivity index (χ1v) is 5.94. The lowest BCUT2D eigenvalue weighted by molar-refractivity contribution is -0.127. The molecule has 1 aromatic rings. The van der Waals surface area contributed by atoms with E-state index in [1.807, 2.05) is 24.7 Å². The average molecular weight is 237 g/mol. The van der Waals surface area contributed by atoms with Crippen molar-refractivity contribution in [3.8, 4) is 0 Å². The highest BCUT2D eigenvalue weighted by Crippen LogP contribution is 2.29. The smallest absolute Gasteiger partial charge is 0.147 e. The molecule has 2 heterocycles. The Kier molecular flexibility index (Phi) is 3.31. The number of nitrogens with zero attached hydrogens (tertiary/aromatic N) is 2. The van der Waals surface area contributed by atoms with Crippen LogP contribution < -0.4 is 5.73 Å². The minimum absolute atomic E-state index is 0.137. The summed E-state index contributed by atoms with van der Waals surface area (Å²) in [5.74, 6) is 0.137. The highest BCUT2D eigenvalue weighted by atomic mass is 16.5. The first-order valence-electron chi connectivity index (χ1n) is 5.94. The van der Waals surface area contributed by atoms with Gasteiger partial charge in [-0.15, -0.1) is 0 Å². The van der Waals surface area contributed by atoms with E-state index in [1.54, 1.807) is 6.20 Å². The number of hydrogen-bond acceptors (Lipinski definition) is 4. The summed E-state index contributed by atoms with van der Waals surface area (Å²) < 4.78 is 7.11. The molecule has 17 heavy (non-hydrogen) atoms. The van der Waals surface area contributed by atoms with Crippen molar-refractivity contribution in [1.29, 1.82) is 0 Å². The highest BCUT2D eigenvalue weighted by molar-refractivity contribution is 5.87. The minimum atomic E-state index is -0.547. The largest absolute Gasteiger partial charge is 0.379 e. The second kappa shape index (κ2) is 4.58. The van der Waals surface area contributed by atoms with Gasteiger partial charge in [0.1, 0.15) is 5.78 Å². The first-order chi connectivity index (χ1) is 8.06. The third-order valence-electron chi connectivity index (χ3n) is 3.53. The fourth-order valence-corrected chi connectivity index (χ4v) is 2.03. The van der Waals surface area contributed by atoms with Gasteiger partial charge in [0.05, 0.1) is 24.8 Å². The summed E-state index contributed by atoms with van der Waals surface area (Å²) in [6.07, 6.45) is 4.03. The summed E-state index contributed by atoms with van der Waals surface area (Å²) in [6.45, 7) is 5.61. The second-order valence-electron chi connectivity index (χ2n) is 4.84. The van der Waals surface area contributed by atoms with E-state index >= 15 is 0 Å². The van der Waals surface area contributed by atoms with Gasteiger partial charge >= 0.3 is 0 Å². The van der Waals surface area contributed by atoms with Crippen LogP contribution in [0, 0.1) is 5.41 Å². The monoisotopic (exact) mass is 237 g/mol. The van der Waals surface area contributed by atoms with Gasteiger partial charge in [0.25, 0.3) is 0 Å². The van der Waals surface area contributed by atoms with Crippen molar-refractivity contribution in [2.75, 3.05) is 13.2 Å². The van der Waals surface area contributed by atoms with Gasteiger partial charge in [-0.2, -0.15) is 5.10 Å². The number of rotatable bonds is 4. The van der Waals surface area contributed by atoms with Gasteiger partial charge < -0.3 is 10.5 Å². The predicted molar refractivity (Wildman–Crippen MR) is 63.5 cm³/mol. The zero-order valence-corrected chi connectivity index (χ0v) is 10.3. The van der Waals surface area contributed by atoms with E-state index < -0.39 is 5.41 Å². The lowest BCUT2D eigenvalue weighted by Gasteiger charge is -2.24. The molecule has 0 bridgehead atoms. The number of aromatic nitrogens is 2. The molecule has 2 rings (SSSR count). The summed E-state index contributed by atoms with van der Waals surface area (Å²) in [4.78, 5) is 12.2. The molecule has 2 atom stereocenters. The Hall–Kier alpha value is -1.20. The molecule has 94 valence electrons. The Morgan fingerprint density at radius 1 is 1.76 bits per heavy atom. The molecule has 1 aromatic heterocycles. The summed E-state index contributed by atoms with van der Waals surface area (Å²) in [5, 5.41) is 4.16. The normalized spacial score (nSPS) is 28.5. The van der Waals surface area contributed by atoms with Crippen LogP contribution in [0.15, 0.2) is 12.4 Å². The highest BCUT2D eigenvalue weighted by Gasteiger charge is 2.43. The minimum Gasteiger partial charge on any atom is -0.379 e. The van der Waals surface area contributed by atoms with Crippen LogP contribution in [0.5, 0.6) is 0 Å². The van der Waals surface area contributed by atoms with E-state index in [2.05, 4.69) is 5.10 Å². The Bertz CT molecular complexity index is 416. The van der Waals surface area contributed by atoms with Crippen molar-refractivity contribution in [2.24, 2.45) is 11.1 Å². The molecule has 1 aliphatic rings. The van der Waals surface area contributed by atoms with Crippen molar-refractivity contribution < 1.29 is 9.53 Å². The van der Waals surface area contributed by atoms with Crippen LogP contribution in [0.25, 0.3) is 0 Å². The molecular weight excluding hydrogens is 218 g/mol. The van der Waals surface area contributed by atoms with E-state index in [1.165, 1.54) is 0 Å². The fourth-order valence-electron chi connectivity index (χ4n) is 2.03. The zero-order chi connectivity index (χ0) is 12.5. The second-order valence-corrected chi connectivity index (χ2v) is 4.84. The number of hydrogen-bond donors (Lipinski definition) is 1. The third-order valence-corrected chi connectivity index (χ3v) is 3.53. The van der Waals surface area contributed by atoms with E-state index in [4.69, 9.17) is 10.5 Å². The maximum Gasteiger partial charge on any atom is 0.147 e. The predicted octanol–water partition coefficient (Wildman–Crippen LogP) is 0.378. The van der Waals surface area contributed by atoms with Gasteiger partial charge in [0.15, 0.2) is 0 Å². The van der Waals surface area contributed by atoms with Gasteiger partial charge in [0.2, 0.25) is 0 Å². The van der Waals surface area contributed by atoms with E-state index in [9.17, 15) is 4.79 Å². The standard InChI is InChI=1S/C12H19N3O2/c1-3-15-6-9(5-14-15)4-11(16)12(2)8-17-7-10(12)13/h5-6,10H,3-4,7-8,13H2,1-2H3. The first kappa shape index (κ1) is 12.3. The van der Waals surface area contributed by atoms with Crippen molar-refractivity contribution in [3.05, 3.63) is 18.0 Å². The van der Waals surface area contributed by atoms with Crippen LogP contribution in [0.1, 0.15) is 19.4 Å². The number of carbonyl (C=O) groups is 1. The van der Waals surface area contributed by atoms with Crippen LogP contribution in [-0.2, 0) is 22.5 Å². The number of Topliss-reactive ketones (excluding diaryl/α,β-unsaturated/α-hetero) is 1. The number of aryl methyl sites for hydroxylation is 1. The summed E-state index contributed by atoms with van der Waals surface area (Å²) >= 11 is 0. The topological polar surface area (TPSA) is 70.1 Å². The van der Waals surface area contributed by atoms with Gasteiger partial charge in [-0.05, 0) is 19.4 Å². The molecule has 0 saturated carbocycles. The molecule has 1 saturated heterocycles. The Labute approximate surface area is 101 Å².